The number of benzene rings is 3. The van der Waals surface area contributed by atoms with Crippen molar-refractivity contribution in [2.75, 3.05) is 11.3 Å². The molecule has 0 aliphatic carbocycles. The number of hydrogen-bond acceptors (Lipinski definition) is 3. The van der Waals surface area contributed by atoms with Gasteiger partial charge in [0.1, 0.15) is 0 Å². The van der Waals surface area contributed by atoms with E-state index in [1.165, 1.54) is 5.56 Å². The van der Waals surface area contributed by atoms with E-state index in [2.05, 4.69) is 37.6 Å². The van der Waals surface area contributed by atoms with Crippen LogP contribution in [0.2, 0.25) is 0 Å². The molecule has 0 saturated carbocycles. The SMILES string of the molecule is CC(C)(C)c1ccc(S(=O)(=O)Nc2ccc(C3=NCCc4ccccc43)cc2)cc1. The van der Waals surface area contributed by atoms with Crippen molar-refractivity contribution in [2.24, 2.45) is 4.99 Å². The molecule has 3 aromatic rings. The molecule has 0 atom stereocenters. The Balaban J connectivity index is 1.54. The molecule has 154 valence electrons. The van der Waals surface area contributed by atoms with Crippen LogP contribution in [0.3, 0.4) is 0 Å². The summed E-state index contributed by atoms with van der Waals surface area (Å²) in [6.07, 6.45) is 0.950. The molecule has 0 unspecified atom stereocenters. The van der Waals surface area contributed by atoms with Gasteiger partial charge in [0, 0.05) is 23.4 Å². The first kappa shape index (κ1) is 20.4. The Labute approximate surface area is 178 Å². The molecule has 1 heterocycles. The fraction of sp³-hybridized carbons (Fsp3) is 0.240. The average molecular weight is 419 g/mol. The van der Waals surface area contributed by atoms with Crippen LogP contribution in [0.1, 0.15) is 43.0 Å². The van der Waals surface area contributed by atoms with Gasteiger partial charge in [-0.25, -0.2) is 8.42 Å². The molecule has 0 aromatic heterocycles. The third-order valence-electron chi connectivity index (χ3n) is 5.36. The predicted molar refractivity (Wildman–Crippen MR) is 123 cm³/mol. The van der Waals surface area contributed by atoms with Crippen LogP contribution in [-0.2, 0) is 21.9 Å². The Kier molecular flexibility index (Phi) is 5.24. The van der Waals surface area contributed by atoms with E-state index in [1.807, 2.05) is 36.4 Å². The maximum Gasteiger partial charge on any atom is 0.261 e. The molecule has 30 heavy (non-hydrogen) atoms. The summed E-state index contributed by atoms with van der Waals surface area (Å²) in [7, 11) is -3.64. The average Bonchev–Trinajstić information content (AvgIpc) is 2.73. The highest BCUT2D eigenvalue weighted by Crippen LogP contribution is 2.25. The van der Waals surface area contributed by atoms with Crippen molar-refractivity contribution in [3.8, 4) is 0 Å². The van der Waals surface area contributed by atoms with E-state index >= 15 is 0 Å². The molecule has 0 fully saturated rings. The van der Waals surface area contributed by atoms with E-state index < -0.39 is 10.0 Å². The van der Waals surface area contributed by atoms with E-state index in [0.717, 1.165) is 35.4 Å². The number of nitrogens with one attached hydrogen (secondary N) is 1. The Morgan fingerprint density at radius 3 is 2.20 bits per heavy atom. The largest absolute Gasteiger partial charge is 0.284 e. The van der Waals surface area contributed by atoms with Gasteiger partial charge in [-0.3, -0.25) is 9.71 Å². The monoisotopic (exact) mass is 418 g/mol. The zero-order chi connectivity index (χ0) is 21.4. The lowest BCUT2D eigenvalue weighted by molar-refractivity contribution is 0.587. The Morgan fingerprint density at radius 2 is 1.53 bits per heavy atom. The number of fused-ring (bicyclic) bond motifs is 1. The van der Waals surface area contributed by atoms with Gasteiger partial charge in [0.15, 0.2) is 0 Å². The Morgan fingerprint density at radius 1 is 0.867 bits per heavy atom. The van der Waals surface area contributed by atoms with Crippen molar-refractivity contribution < 1.29 is 8.42 Å². The number of aliphatic imine (C=N–C) groups is 1. The maximum absolute atomic E-state index is 12.8. The molecule has 3 aromatic carbocycles. The lowest BCUT2D eigenvalue weighted by Gasteiger charge is -2.19. The first-order valence-corrected chi connectivity index (χ1v) is 11.6. The van der Waals surface area contributed by atoms with Gasteiger partial charge < -0.3 is 0 Å². The van der Waals surface area contributed by atoms with E-state index in [9.17, 15) is 8.42 Å². The molecule has 0 radical (unpaired) electrons. The third-order valence-corrected chi connectivity index (χ3v) is 6.76. The summed E-state index contributed by atoms with van der Waals surface area (Å²) in [4.78, 5) is 4.95. The normalized spacial score (nSPS) is 14.0. The second-order valence-electron chi connectivity index (χ2n) is 8.59. The fourth-order valence-electron chi connectivity index (χ4n) is 3.63. The summed E-state index contributed by atoms with van der Waals surface area (Å²) in [5.74, 6) is 0. The molecule has 1 N–H and O–H groups in total. The highest BCUT2D eigenvalue weighted by Gasteiger charge is 2.19. The van der Waals surface area contributed by atoms with Gasteiger partial charge in [0.2, 0.25) is 0 Å². The van der Waals surface area contributed by atoms with E-state index in [0.29, 0.717) is 5.69 Å². The molecule has 0 amide bonds. The highest BCUT2D eigenvalue weighted by molar-refractivity contribution is 7.92. The molecule has 5 heteroatoms. The second kappa shape index (κ2) is 7.73. The van der Waals surface area contributed by atoms with Crippen molar-refractivity contribution in [2.45, 2.75) is 37.5 Å². The van der Waals surface area contributed by atoms with Crippen LogP contribution >= 0.6 is 0 Å². The fourth-order valence-corrected chi connectivity index (χ4v) is 4.69. The first-order chi connectivity index (χ1) is 14.2. The smallest absolute Gasteiger partial charge is 0.261 e. The minimum absolute atomic E-state index is 0.0218. The van der Waals surface area contributed by atoms with Gasteiger partial charge in [-0.2, -0.15) is 0 Å². The van der Waals surface area contributed by atoms with Gasteiger partial charge in [0.25, 0.3) is 10.0 Å². The number of rotatable bonds is 4. The molecular formula is C25H26N2O2S. The predicted octanol–water partition coefficient (Wildman–Crippen LogP) is 5.18. The summed E-state index contributed by atoms with van der Waals surface area (Å²) in [5, 5.41) is 0. The lowest BCUT2D eigenvalue weighted by atomic mass is 9.87. The van der Waals surface area contributed by atoms with Crippen molar-refractivity contribution in [3.05, 3.63) is 95.1 Å². The van der Waals surface area contributed by atoms with Gasteiger partial charge in [-0.1, -0.05) is 69.3 Å². The number of sulfonamides is 1. The minimum Gasteiger partial charge on any atom is -0.284 e. The van der Waals surface area contributed by atoms with Crippen molar-refractivity contribution in [1.82, 2.24) is 0 Å². The molecule has 4 nitrogen and oxygen atoms in total. The topological polar surface area (TPSA) is 58.5 Å². The minimum atomic E-state index is -3.64. The number of hydrogen-bond donors (Lipinski definition) is 1. The molecule has 1 aliphatic heterocycles. The second-order valence-corrected chi connectivity index (χ2v) is 10.3. The van der Waals surface area contributed by atoms with E-state index in [4.69, 9.17) is 4.99 Å². The Hall–Kier alpha value is -2.92. The van der Waals surface area contributed by atoms with Crippen LogP contribution in [0.4, 0.5) is 5.69 Å². The zero-order valence-electron chi connectivity index (χ0n) is 17.5. The molecule has 4 rings (SSSR count). The summed E-state index contributed by atoms with van der Waals surface area (Å²) >= 11 is 0. The van der Waals surface area contributed by atoms with Crippen LogP contribution in [-0.4, -0.2) is 20.7 Å². The summed E-state index contributed by atoms with van der Waals surface area (Å²) in [6, 6.07) is 22.8. The molecular weight excluding hydrogens is 392 g/mol. The van der Waals surface area contributed by atoms with Crippen molar-refractivity contribution in [1.29, 1.82) is 0 Å². The highest BCUT2D eigenvalue weighted by atomic mass is 32.2. The zero-order valence-corrected chi connectivity index (χ0v) is 18.3. The number of anilines is 1. The van der Waals surface area contributed by atoms with Gasteiger partial charge >= 0.3 is 0 Å². The summed E-state index contributed by atoms with van der Waals surface area (Å²) in [5.41, 5.74) is 6.00. The number of nitrogens with zero attached hydrogens (tertiary/aromatic N) is 1. The maximum atomic E-state index is 12.8. The van der Waals surface area contributed by atoms with Crippen molar-refractivity contribution >= 4 is 21.4 Å². The Bertz CT molecular complexity index is 1190. The summed E-state index contributed by atoms with van der Waals surface area (Å²) < 4.78 is 28.2. The van der Waals surface area contributed by atoms with Crippen LogP contribution in [0.5, 0.6) is 0 Å². The van der Waals surface area contributed by atoms with E-state index in [-0.39, 0.29) is 10.3 Å². The van der Waals surface area contributed by atoms with E-state index in [1.54, 1.807) is 24.3 Å². The van der Waals surface area contributed by atoms with Gasteiger partial charge in [-0.05, 0) is 47.2 Å². The quantitative estimate of drug-likeness (QED) is 0.635. The van der Waals surface area contributed by atoms with Crippen LogP contribution < -0.4 is 4.72 Å². The lowest BCUT2D eigenvalue weighted by Crippen LogP contribution is -2.15. The van der Waals surface area contributed by atoms with Crippen molar-refractivity contribution in [3.63, 3.8) is 0 Å². The van der Waals surface area contributed by atoms with Crippen LogP contribution in [0.15, 0.2) is 82.7 Å². The van der Waals surface area contributed by atoms with Gasteiger partial charge in [-0.15, -0.1) is 0 Å². The summed E-state index contributed by atoms with van der Waals surface area (Å²) in [6.45, 7) is 7.08. The molecule has 0 bridgehead atoms. The molecule has 0 spiro atoms. The van der Waals surface area contributed by atoms with Crippen LogP contribution in [0.25, 0.3) is 0 Å². The first-order valence-electron chi connectivity index (χ1n) is 10.1. The van der Waals surface area contributed by atoms with Gasteiger partial charge in [0.05, 0.1) is 10.6 Å². The molecule has 0 saturated heterocycles. The molecule has 1 aliphatic rings. The van der Waals surface area contributed by atoms with Crippen LogP contribution in [0, 0.1) is 0 Å². The third kappa shape index (κ3) is 4.17. The standard InChI is InChI=1S/C25H26N2O2S/c1-25(2,3)20-10-14-22(15-11-20)30(28,29)27-21-12-8-19(9-13-21)24-23-7-5-4-6-18(23)16-17-26-24/h4-15,27H,16-17H2,1-3H3.